The minimum absolute atomic E-state index is 0.111. The van der Waals surface area contributed by atoms with E-state index in [1.165, 1.54) is 6.07 Å². The summed E-state index contributed by atoms with van der Waals surface area (Å²) in [5.41, 5.74) is 1.33. The van der Waals surface area contributed by atoms with E-state index in [2.05, 4.69) is 5.32 Å². The lowest BCUT2D eigenvalue weighted by Crippen LogP contribution is -2.50. The van der Waals surface area contributed by atoms with Crippen LogP contribution in [-0.2, 0) is 4.74 Å². The molecule has 1 heterocycles. The fraction of sp³-hybridized carbons (Fsp3) is 0.500. The maximum atomic E-state index is 13.0. The highest BCUT2D eigenvalue weighted by Crippen LogP contribution is 2.27. The molecule has 3 nitrogen and oxygen atoms in total. The van der Waals surface area contributed by atoms with E-state index in [0.29, 0.717) is 25.3 Å². The minimum Gasteiger partial charge on any atom is -0.396 e. The van der Waals surface area contributed by atoms with Crippen LogP contribution in [0.25, 0.3) is 0 Å². The van der Waals surface area contributed by atoms with Crippen molar-refractivity contribution in [2.45, 2.75) is 6.92 Å². The van der Waals surface area contributed by atoms with Gasteiger partial charge in [0.2, 0.25) is 0 Å². The Morgan fingerprint density at radius 3 is 2.75 bits per heavy atom. The van der Waals surface area contributed by atoms with Gasteiger partial charge in [-0.3, -0.25) is 0 Å². The Kier molecular flexibility index (Phi) is 3.12. The monoisotopic (exact) mass is 225 g/mol. The van der Waals surface area contributed by atoms with Gasteiger partial charge in [0.25, 0.3) is 0 Å². The van der Waals surface area contributed by atoms with Crippen molar-refractivity contribution in [3.63, 3.8) is 0 Å². The molecular formula is C12H16FNO2. The lowest BCUT2D eigenvalue weighted by atomic mass is 9.87. The molecule has 0 atom stereocenters. The molecule has 88 valence electrons. The van der Waals surface area contributed by atoms with Crippen molar-refractivity contribution < 1.29 is 14.2 Å². The molecule has 2 N–H and O–H groups in total. The lowest BCUT2D eigenvalue weighted by molar-refractivity contribution is -0.128. The van der Waals surface area contributed by atoms with Crippen LogP contribution < -0.4 is 5.32 Å². The van der Waals surface area contributed by atoms with Gasteiger partial charge >= 0.3 is 0 Å². The summed E-state index contributed by atoms with van der Waals surface area (Å²) in [7, 11) is 0. The van der Waals surface area contributed by atoms with E-state index in [1.54, 1.807) is 19.1 Å². The smallest absolute Gasteiger partial charge is 0.126 e. The molecule has 0 bridgehead atoms. The van der Waals surface area contributed by atoms with Crippen LogP contribution in [0, 0.1) is 18.2 Å². The van der Waals surface area contributed by atoms with E-state index in [-0.39, 0.29) is 17.8 Å². The van der Waals surface area contributed by atoms with Gasteiger partial charge in [0.05, 0.1) is 25.2 Å². The Labute approximate surface area is 94.2 Å². The summed E-state index contributed by atoms with van der Waals surface area (Å²) in [4.78, 5) is 0. The van der Waals surface area contributed by atoms with E-state index in [0.717, 1.165) is 5.69 Å². The molecule has 1 aliphatic heterocycles. The van der Waals surface area contributed by atoms with Crippen molar-refractivity contribution in [3.8, 4) is 0 Å². The maximum Gasteiger partial charge on any atom is 0.126 e. The molecule has 0 amide bonds. The number of hydrogen-bond acceptors (Lipinski definition) is 3. The molecule has 0 saturated carbocycles. The van der Waals surface area contributed by atoms with Crippen LogP contribution >= 0.6 is 0 Å². The summed E-state index contributed by atoms with van der Waals surface area (Å²) in [6, 6.07) is 4.91. The predicted octanol–water partition coefficient (Wildman–Crippen LogP) is 1.55. The normalized spacial score (nSPS) is 17.9. The number of anilines is 1. The fourth-order valence-electron chi connectivity index (χ4n) is 1.68. The molecule has 1 aromatic rings. The van der Waals surface area contributed by atoms with Crippen molar-refractivity contribution in [3.05, 3.63) is 29.6 Å². The summed E-state index contributed by atoms with van der Waals surface area (Å²) in [6.07, 6.45) is 0. The number of aryl methyl sites for hydroxylation is 1. The minimum atomic E-state index is -0.200. The zero-order valence-electron chi connectivity index (χ0n) is 9.29. The molecular weight excluding hydrogens is 209 g/mol. The second-order valence-electron chi connectivity index (χ2n) is 4.47. The predicted molar refractivity (Wildman–Crippen MR) is 60.0 cm³/mol. The largest absolute Gasteiger partial charge is 0.396 e. The topological polar surface area (TPSA) is 41.5 Å². The molecule has 0 aromatic heterocycles. The molecule has 1 saturated heterocycles. The Hall–Kier alpha value is -1.13. The van der Waals surface area contributed by atoms with Crippen molar-refractivity contribution in [1.82, 2.24) is 0 Å². The fourth-order valence-corrected chi connectivity index (χ4v) is 1.68. The third-order valence-electron chi connectivity index (χ3n) is 2.98. The van der Waals surface area contributed by atoms with Crippen LogP contribution in [0.3, 0.4) is 0 Å². The number of ether oxygens (including phenoxy) is 1. The molecule has 0 radical (unpaired) electrons. The second-order valence-corrected chi connectivity index (χ2v) is 4.47. The SMILES string of the molecule is Cc1cc(NCC2(CO)COC2)ccc1F. The molecule has 1 fully saturated rings. The molecule has 0 aliphatic carbocycles. The maximum absolute atomic E-state index is 13.0. The summed E-state index contributed by atoms with van der Waals surface area (Å²) >= 11 is 0. The van der Waals surface area contributed by atoms with E-state index < -0.39 is 0 Å². The van der Waals surface area contributed by atoms with Gasteiger partial charge < -0.3 is 15.2 Å². The summed E-state index contributed by atoms with van der Waals surface area (Å²) in [5.74, 6) is -0.200. The number of aliphatic hydroxyl groups excluding tert-OH is 1. The summed E-state index contributed by atoms with van der Waals surface area (Å²) in [5, 5.41) is 12.4. The average Bonchev–Trinajstić information content (AvgIpc) is 2.22. The van der Waals surface area contributed by atoms with Crippen LogP contribution in [-0.4, -0.2) is 31.5 Å². The van der Waals surface area contributed by atoms with Gasteiger partial charge in [-0.15, -0.1) is 0 Å². The van der Waals surface area contributed by atoms with Crippen LogP contribution in [0.15, 0.2) is 18.2 Å². The number of aliphatic hydroxyl groups is 1. The highest BCUT2D eigenvalue weighted by Gasteiger charge is 2.37. The summed E-state index contributed by atoms with van der Waals surface area (Å²) in [6.45, 7) is 3.65. The van der Waals surface area contributed by atoms with Gasteiger partial charge in [0, 0.05) is 12.2 Å². The first-order valence-electron chi connectivity index (χ1n) is 5.34. The number of nitrogens with one attached hydrogen (secondary N) is 1. The first-order chi connectivity index (χ1) is 7.65. The van der Waals surface area contributed by atoms with Crippen molar-refractivity contribution in [1.29, 1.82) is 0 Å². The highest BCUT2D eigenvalue weighted by molar-refractivity contribution is 5.46. The van der Waals surface area contributed by atoms with Crippen molar-refractivity contribution >= 4 is 5.69 Å². The van der Waals surface area contributed by atoms with E-state index in [1.807, 2.05) is 0 Å². The Bertz CT molecular complexity index is 372. The zero-order valence-corrected chi connectivity index (χ0v) is 9.29. The molecule has 0 spiro atoms. The van der Waals surface area contributed by atoms with Gasteiger partial charge in [0.15, 0.2) is 0 Å². The summed E-state index contributed by atoms with van der Waals surface area (Å²) < 4.78 is 18.1. The average molecular weight is 225 g/mol. The van der Waals surface area contributed by atoms with Crippen molar-refractivity contribution in [2.24, 2.45) is 5.41 Å². The third kappa shape index (κ3) is 2.18. The van der Waals surface area contributed by atoms with Gasteiger partial charge in [-0.05, 0) is 30.7 Å². The first kappa shape index (κ1) is 11.4. The van der Waals surface area contributed by atoms with Gasteiger partial charge in [0.1, 0.15) is 5.82 Å². The number of benzene rings is 1. The first-order valence-corrected chi connectivity index (χ1v) is 5.34. The molecule has 0 unspecified atom stereocenters. The quantitative estimate of drug-likeness (QED) is 0.817. The van der Waals surface area contributed by atoms with Crippen LogP contribution in [0.2, 0.25) is 0 Å². The Morgan fingerprint density at radius 2 is 2.25 bits per heavy atom. The number of rotatable bonds is 4. The Balaban J connectivity index is 1.96. The van der Waals surface area contributed by atoms with Gasteiger partial charge in [-0.2, -0.15) is 0 Å². The molecule has 4 heteroatoms. The molecule has 2 rings (SSSR count). The third-order valence-corrected chi connectivity index (χ3v) is 2.98. The van der Waals surface area contributed by atoms with E-state index in [9.17, 15) is 9.50 Å². The lowest BCUT2D eigenvalue weighted by Gasteiger charge is -2.40. The van der Waals surface area contributed by atoms with Gasteiger partial charge in [-0.1, -0.05) is 0 Å². The zero-order chi connectivity index (χ0) is 11.6. The molecule has 16 heavy (non-hydrogen) atoms. The van der Waals surface area contributed by atoms with Crippen molar-refractivity contribution in [2.75, 3.05) is 31.7 Å². The van der Waals surface area contributed by atoms with Gasteiger partial charge in [-0.25, -0.2) is 4.39 Å². The highest BCUT2D eigenvalue weighted by atomic mass is 19.1. The number of halogens is 1. The van der Waals surface area contributed by atoms with E-state index in [4.69, 9.17) is 4.74 Å². The van der Waals surface area contributed by atoms with Crippen LogP contribution in [0.1, 0.15) is 5.56 Å². The molecule has 1 aromatic carbocycles. The standard InChI is InChI=1S/C12H16FNO2/c1-9-4-10(2-3-11(9)13)14-5-12(6-15)7-16-8-12/h2-4,14-15H,5-8H2,1H3. The Morgan fingerprint density at radius 1 is 1.50 bits per heavy atom. The van der Waals surface area contributed by atoms with Crippen LogP contribution in [0.4, 0.5) is 10.1 Å². The van der Waals surface area contributed by atoms with Crippen LogP contribution in [0.5, 0.6) is 0 Å². The molecule has 1 aliphatic rings. The number of hydrogen-bond donors (Lipinski definition) is 2. The second kappa shape index (κ2) is 4.39. The van der Waals surface area contributed by atoms with E-state index >= 15 is 0 Å².